The van der Waals surface area contributed by atoms with E-state index < -0.39 is 5.60 Å². The topological polar surface area (TPSA) is 42.0 Å². The number of rotatable bonds is 3. The highest BCUT2D eigenvalue weighted by Gasteiger charge is 2.31. The lowest BCUT2D eigenvalue weighted by atomic mass is 10.2. The molecule has 0 radical (unpaired) electrons. The second-order valence-electron chi connectivity index (χ2n) is 6.33. The molecule has 1 aliphatic rings. The van der Waals surface area contributed by atoms with E-state index in [9.17, 15) is 4.79 Å². The molecule has 1 aliphatic heterocycles. The highest BCUT2D eigenvalue weighted by molar-refractivity contribution is 14.2. The van der Waals surface area contributed by atoms with Gasteiger partial charge in [0.15, 0.2) is 0 Å². The minimum absolute atomic E-state index is 0.374. The van der Waals surface area contributed by atoms with Crippen LogP contribution in [0.5, 0.6) is 0 Å². The number of carbonyl (C=O) groups is 1. The van der Waals surface area contributed by atoms with E-state index in [1.807, 2.05) is 51.1 Å². The summed E-state index contributed by atoms with van der Waals surface area (Å²) in [6.45, 7) is 8.43. The van der Waals surface area contributed by atoms with Crippen molar-refractivity contribution in [2.75, 3.05) is 31.2 Å². The predicted octanol–water partition coefficient (Wildman–Crippen LogP) is 4.76. The fourth-order valence-electron chi connectivity index (χ4n) is 2.32. The quantitative estimate of drug-likeness (QED) is 0.505. The Morgan fingerprint density at radius 3 is 2.25 bits per heavy atom. The van der Waals surface area contributed by atoms with Crippen LogP contribution < -0.4 is 4.90 Å². The molecule has 132 valence electrons. The molecule has 0 atom stereocenters. The third-order valence-corrected chi connectivity index (χ3v) is 4.25. The average molecular weight is 556 g/mol. The maximum absolute atomic E-state index is 13.0. The molecular formula is C17H22I2N2O3. The molecule has 1 saturated heterocycles. The molecule has 0 saturated carbocycles. The van der Waals surface area contributed by atoms with Crippen molar-refractivity contribution >= 4 is 57.0 Å². The van der Waals surface area contributed by atoms with Gasteiger partial charge in [0.05, 0.1) is 20.5 Å². The number of hydrogen-bond donors (Lipinski definition) is 0. The molecule has 5 nitrogen and oxygen atoms in total. The average Bonchev–Trinajstić information content (AvgIpc) is 2.52. The molecule has 1 fully saturated rings. The number of hydrogen-bond acceptors (Lipinski definition) is 4. The van der Waals surface area contributed by atoms with E-state index >= 15 is 0 Å². The third kappa shape index (κ3) is 5.48. The van der Waals surface area contributed by atoms with E-state index in [1.165, 1.54) is 0 Å². The van der Waals surface area contributed by atoms with Gasteiger partial charge in [0.2, 0.25) is 0 Å². The summed E-state index contributed by atoms with van der Waals surface area (Å²) in [6.07, 6.45) is -0.374. The van der Waals surface area contributed by atoms with E-state index in [-0.39, 0.29) is 6.09 Å². The van der Waals surface area contributed by atoms with Gasteiger partial charge in [0.25, 0.3) is 0 Å². The van der Waals surface area contributed by atoms with Crippen molar-refractivity contribution in [1.82, 2.24) is 4.90 Å². The van der Waals surface area contributed by atoms with Gasteiger partial charge in [-0.2, -0.15) is 0 Å². The molecule has 1 aromatic rings. The van der Waals surface area contributed by atoms with Crippen molar-refractivity contribution in [2.45, 2.75) is 26.4 Å². The summed E-state index contributed by atoms with van der Waals surface area (Å²) in [5.74, 6) is 0.847. The first-order valence-electron chi connectivity index (χ1n) is 7.76. The van der Waals surface area contributed by atoms with Crippen molar-refractivity contribution in [3.8, 4) is 0 Å². The van der Waals surface area contributed by atoms with Gasteiger partial charge in [-0.25, -0.2) is 9.69 Å². The fraction of sp³-hybridized carbons (Fsp3) is 0.471. The molecule has 0 unspecified atom stereocenters. The van der Waals surface area contributed by atoms with Crippen molar-refractivity contribution in [3.63, 3.8) is 0 Å². The molecule has 1 heterocycles. The predicted molar refractivity (Wildman–Crippen MR) is 113 cm³/mol. The largest absolute Gasteiger partial charge is 0.443 e. The summed E-state index contributed by atoms with van der Waals surface area (Å²) in [4.78, 5) is 16.8. The summed E-state index contributed by atoms with van der Waals surface area (Å²) in [7, 11) is 0. The van der Waals surface area contributed by atoms with E-state index in [4.69, 9.17) is 9.47 Å². The smallest absolute Gasteiger partial charge is 0.420 e. The van der Waals surface area contributed by atoms with Gasteiger partial charge < -0.3 is 14.4 Å². The van der Waals surface area contributed by atoms with Gasteiger partial charge in [0.1, 0.15) is 11.4 Å². The lowest BCUT2D eigenvalue weighted by Crippen LogP contribution is -2.46. The molecule has 1 amide bonds. The van der Waals surface area contributed by atoms with Crippen molar-refractivity contribution < 1.29 is 14.3 Å². The number of morpholine rings is 1. The van der Waals surface area contributed by atoms with Crippen LogP contribution in [-0.2, 0) is 9.47 Å². The molecule has 0 N–H and O–H groups in total. The fourth-order valence-corrected chi connectivity index (χ4v) is 3.48. The minimum Gasteiger partial charge on any atom is -0.443 e. The van der Waals surface area contributed by atoms with Crippen LogP contribution in [0, 0.1) is 0 Å². The van der Waals surface area contributed by atoms with Crippen molar-refractivity contribution in [1.29, 1.82) is 0 Å². The summed E-state index contributed by atoms with van der Waals surface area (Å²) < 4.78 is 12.1. The Morgan fingerprint density at radius 1 is 1.17 bits per heavy atom. The molecule has 7 heteroatoms. The number of anilines is 1. The van der Waals surface area contributed by atoms with Gasteiger partial charge in [-0.15, -0.1) is 0 Å². The highest BCUT2D eigenvalue weighted by Crippen LogP contribution is 2.32. The van der Waals surface area contributed by atoms with Crippen molar-refractivity contribution in [3.05, 3.63) is 37.7 Å². The Balaban J connectivity index is 2.43. The minimum atomic E-state index is -0.559. The van der Waals surface area contributed by atoms with Gasteiger partial charge in [0, 0.05) is 13.1 Å². The van der Waals surface area contributed by atoms with Crippen LogP contribution in [0.4, 0.5) is 10.5 Å². The second-order valence-corrected chi connectivity index (χ2v) is 10.6. The highest BCUT2D eigenvalue weighted by atomic mass is 127. The number of ether oxygens (including phenoxy) is 2. The van der Waals surface area contributed by atoms with Crippen LogP contribution in [-0.4, -0.2) is 42.9 Å². The number of para-hydroxylation sites is 1. The van der Waals surface area contributed by atoms with Gasteiger partial charge in [-0.05, 0) is 78.1 Å². The van der Waals surface area contributed by atoms with Gasteiger partial charge >= 0.3 is 6.09 Å². The standard InChI is InChI=1S/C17H22I2N2O3/c1-17(2,3)24-16(22)21(13-7-5-4-6-8-13)15(14(18)19)20-9-11-23-12-10-20/h4-8H,9-12H2,1-3H3. The Labute approximate surface area is 170 Å². The van der Waals surface area contributed by atoms with Crippen LogP contribution >= 0.6 is 45.2 Å². The van der Waals surface area contributed by atoms with Crippen LogP contribution in [0.1, 0.15) is 20.8 Å². The van der Waals surface area contributed by atoms with Crippen molar-refractivity contribution in [2.24, 2.45) is 0 Å². The number of nitrogens with zero attached hydrogens (tertiary/aromatic N) is 2. The maximum atomic E-state index is 13.0. The Hall–Kier alpha value is -0.550. The molecule has 2 rings (SSSR count). The monoisotopic (exact) mass is 556 g/mol. The van der Waals surface area contributed by atoms with E-state index in [2.05, 4.69) is 50.1 Å². The summed E-state index contributed by atoms with van der Waals surface area (Å²) in [5.41, 5.74) is 0.232. The van der Waals surface area contributed by atoms with Crippen LogP contribution in [0.25, 0.3) is 0 Å². The van der Waals surface area contributed by atoms with Crippen LogP contribution in [0.2, 0.25) is 0 Å². The lowest BCUT2D eigenvalue weighted by molar-refractivity contribution is 0.0445. The number of halogens is 2. The van der Waals surface area contributed by atoms with Crippen LogP contribution in [0.15, 0.2) is 37.7 Å². The maximum Gasteiger partial charge on any atom is 0.420 e. The number of carbonyl (C=O) groups excluding carboxylic acids is 1. The Kier molecular flexibility index (Phi) is 7.17. The second kappa shape index (κ2) is 8.70. The first-order chi connectivity index (χ1) is 11.3. The van der Waals surface area contributed by atoms with E-state index in [0.29, 0.717) is 13.2 Å². The first kappa shape index (κ1) is 19.8. The Morgan fingerprint density at radius 2 is 1.75 bits per heavy atom. The zero-order valence-corrected chi connectivity index (χ0v) is 18.4. The normalized spacial score (nSPS) is 15.0. The molecule has 0 aromatic heterocycles. The SMILES string of the molecule is CC(C)(C)OC(=O)N(C(=C(I)I)N1CCOCC1)c1ccccc1. The third-order valence-electron chi connectivity index (χ3n) is 3.28. The Bertz CT molecular complexity index is 590. The van der Waals surface area contributed by atoms with E-state index in [0.717, 1.165) is 26.2 Å². The first-order valence-corrected chi connectivity index (χ1v) is 9.91. The zero-order chi connectivity index (χ0) is 17.7. The summed E-state index contributed by atoms with van der Waals surface area (Å²) in [6, 6.07) is 9.61. The molecule has 1 aromatic carbocycles. The van der Waals surface area contributed by atoms with Gasteiger partial charge in [-0.1, -0.05) is 18.2 Å². The summed E-state index contributed by atoms with van der Waals surface area (Å²) >= 11 is 4.51. The molecule has 0 bridgehead atoms. The number of amides is 1. The molecule has 0 aliphatic carbocycles. The molecule has 0 spiro atoms. The number of benzene rings is 1. The summed E-state index contributed by atoms with van der Waals surface area (Å²) in [5, 5.41) is 0. The molecule has 24 heavy (non-hydrogen) atoms. The van der Waals surface area contributed by atoms with E-state index in [1.54, 1.807) is 4.90 Å². The van der Waals surface area contributed by atoms with Crippen LogP contribution in [0.3, 0.4) is 0 Å². The van der Waals surface area contributed by atoms with Gasteiger partial charge in [-0.3, -0.25) is 0 Å². The lowest BCUT2D eigenvalue weighted by Gasteiger charge is -2.37. The zero-order valence-electron chi connectivity index (χ0n) is 14.1. The molecular weight excluding hydrogens is 534 g/mol.